The monoisotopic (exact) mass is 394 g/mol. The zero-order valence-corrected chi connectivity index (χ0v) is 16.3. The fraction of sp³-hybridized carbons (Fsp3) is 0.318. The van der Waals surface area contributed by atoms with Gasteiger partial charge in [0.15, 0.2) is 5.69 Å². The molecule has 1 heterocycles. The van der Waals surface area contributed by atoms with E-state index in [0.29, 0.717) is 36.7 Å². The maximum Gasteiger partial charge on any atom is 0.276 e. The lowest BCUT2D eigenvalue weighted by molar-refractivity contribution is 0.0728. The van der Waals surface area contributed by atoms with Crippen molar-refractivity contribution in [2.24, 2.45) is 7.05 Å². The molecule has 7 heteroatoms. The minimum Gasteiger partial charge on any atom is -0.494 e. The summed E-state index contributed by atoms with van der Waals surface area (Å²) in [5.41, 5.74) is 1.86. The van der Waals surface area contributed by atoms with Gasteiger partial charge < -0.3 is 9.64 Å². The standard InChI is InChI=1S/C22H23FN4O2/c1-26-24-20(16-6-3-2-4-7-16)21(25-26)22(28)27(18-10-11-18)14-5-15-29-19-12-8-17(23)9-13-19/h2-4,6-9,12-13,18H,5,10-11,14-15H2,1H3. The Hall–Kier alpha value is -3.22. The van der Waals surface area contributed by atoms with Crippen molar-refractivity contribution in [3.05, 3.63) is 66.1 Å². The van der Waals surface area contributed by atoms with Crippen LogP contribution < -0.4 is 4.74 Å². The van der Waals surface area contributed by atoms with Crippen LogP contribution in [0.4, 0.5) is 4.39 Å². The Morgan fingerprint density at radius 2 is 1.86 bits per heavy atom. The van der Waals surface area contributed by atoms with Crippen molar-refractivity contribution in [2.45, 2.75) is 25.3 Å². The number of halogens is 1. The summed E-state index contributed by atoms with van der Waals surface area (Å²) in [5.74, 6) is 0.235. The highest BCUT2D eigenvalue weighted by molar-refractivity contribution is 5.98. The van der Waals surface area contributed by atoms with Crippen molar-refractivity contribution >= 4 is 5.91 Å². The summed E-state index contributed by atoms with van der Waals surface area (Å²) in [7, 11) is 1.72. The van der Waals surface area contributed by atoms with E-state index in [1.165, 1.54) is 16.9 Å². The molecule has 0 bridgehead atoms. The molecule has 1 aliphatic carbocycles. The first-order valence-corrected chi connectivity index (χ1v) is 9.78. The van der Waals surface area contributed by atoms with Crippen molar-refractivity contribution in [3.63, 3.8) is 0 Å². The summed E-state index contributed by atoms with van der Waals surface area (Å²) < 4.78 is 18.6. The summed E-state index contributed by atoms with van der Waals surface area (Å²) in [6.07, 6.45) is 2.69. The number of benzene rings is 2. The molecule has 150 valence electrons. The van der Waals surface area contributed by atoms with Gasteiger partial charge in [-0.15, -0.1) is 5.10 Å². The summed E-state index contributed by atoms with van der Waals surface area (Å²) in [4.78, 5) is 16.6. The second-order valence-corrected chi connectivity index (χ2v) is 7.14. The second-order valence-electron chi connectivity index (χ2n) is 7.14. The smallest absolute Gasteiger partial charge is 0.276 e. The molecule has 3 aromatic rings. The first-order valence-electron chi connectivity index (χ1n) is 9.78. The van der Waals surface area contributed by atoms with Crippen LogP contribution in [0.2, 0.25) is 0 Å². The summed E-state index contributed by atoms with van der Waals surface area (Å²) in [6.45, 7) is 1.03. The molecule has 29 heavy (non-hydrogen) atoms. The highest BCUT2D eigenvalue weighted by atomic mass is 19.1. The SMILES string of the molecule is Cn1nc(C(=O)N(CCCOc2ccc(F)cc2)C2CC2)c(-c2ccccc2)n1. The van der Waals surface area contributed by atoms with Crippen LogP contribution in [0.3, 0.4) is 0 Å². The normalized spacial score (nSPS) is 13.3. The first-order chi connectivity index (χ1) is 14.1. The summed E-state index contributed by atoms with van der Waals surface area (Å²) in [6, 6.07) is 15.8. The number of rotatable bonds is 8. The third-order valence-electron chi connectivity index (χ3n) is 4.84. The Balaban J connectivity index is 1.43. The fourth-order valence-corrected chi connectivity index (χ4v) is 3.27. The Bertz CT molecular complexity index is 968. The van der Waals surface area contributed by atoms with Crippen LogP contribution >= 0.6 is 0 Å². The molecule has 6 nitrogen and oxygen atoms in total. The van der Waals surface area contributed by atoms with Gasteiger partial charge in [0.05, 0.1) is 6.61 Å². The van der Waals surface area contributed by atoms with E-state index in [0.717, 1.165) is 18.4 Å². The average Bonchev–Trinajstić information content (AvgIpc) is 3.50. The van der Waals surface area contributed by atoms with Crippen LogP contribution in [0.5, 0.6) is 5.75 Å². The number of aromatic nitrogens is 3. The largest absolute Gasteiger partial charge is 0.494 e. The molecule has 4 rings (SSSR count). The Morgan fingerprint density at radius 1 is 1.14 bits per heavy atom. The van der Waals surface area contributed by atoms with Crippen LogP contribution in [0.25, 0.3) is 11.3 Å². The van der Waals surface area contributed by atoms with Crippen LogP contribution in [-0.2, 0) is 7.05 Å². The molecule has 0 spiro atoms. The van der Waals surface area contributed by atoms with Crippen molar-refractivity contribution in [3.8, 4) is 17.0 Å². The quantitative estimate of drug-likeness (QED) is 0.547. The van der Waals surface area contributed by atoms with Crippen LogP contribution in [0, 0.1) is 5.82 Å². The number of aryl methyl sites for hydroxylation is 1. The van der Waals surface area contributed by atoms with E-state index in [1.807, 2.05) is 35.2 Å². The zero-order valence-electron chi connectivity index (χ0n) is 16.3. The lowest BCUT2D eigenvalue weighted by Gasteiger charge is -2.21. The van der Waals surface area contributed by atoms with Crippen molar-refractivity contribution in [1.82, 2.24) is 19.9 Å². The molecular weight excluding hydrogens is 371 g/mol. The number of carbonyl (C=O) groups excluding carboxylic acids is 1. The van der Waals surface area contributed by atoms with Crippen molar-refractivity contribution < 1.29 is 13.9 Å². The number of amides is 1. The molecule has 1 fully saturated rings. The third kappa shape index (κ3) is 4.62. The van der Waals surface area contributed by atoms with Crippen LogP contribution in [0.15, 0.2) is 54.6 Å². The van der Waals surface area contributed by atoms with Crippen molar-refractivity contribution in [2.75, 3.05) is 13.2 Å². The highest BCUT2D eigenvalue weighted by Gasteiger charge is 2.35. The maximum absolute atomic E-state index is 13.3. The molecule has 1 aromatic heterocycles. The van der Waals surface area contributed by atoms with Gasteiger partial charge in [0.2, 0.25) is 0 Å². The van der Waals surface area contributed by atoms with E-state index in [9.17, 15) is 9.18 Å². The molecule has 2 aromatic carbocycles. The van der Waals surface area contributed by atoms with Gasteiger partial charge in [-0.2, -0.15) is 9.90 Å². The van der Waals surface area contributed by atoms with E-state index in [2.05, 4.69) is 10.2 Å². The Labute approximate surface area is 168 Å². The number of ether oxygens (including phenoxy) is 1. The highest BCUT2D eigenvalue weighted by Crippen LogP contribution is 2.30. The predicted molar refractivity (Wildman–Crippen MR) is 107 cm³/mol. The van der Waals surface area contributed by atoms with Crippen LogP contribution in [0.1, 0.15) is 29.8 Å². The molecule has 1 amide bonds. The number of nitrogens with zero attached hydrogens (tertiary/aromatic N) is 4. The van der Waals surface area contributed by atoms with Crippen LogP contribution in [-0.4, -0.2) is 45.0 Å². The van der Waals surface area contributed by atoms with E-state index >= 15 is 0 Å². The third-order valence-corrected chi connectivity index (χ3v) is 4.84. The lowest BCUT2D eigenvalue weighted by Crippen LogP contribution is -2.35. The molecule has 1 saturated carbocycles. The van der Waals surface area contributed by atoms with Gasteiger partial charge in [-0.1, -0.05) is 30.3 Å². The number of carbonyl (C=O) groups is 1. The predicted octanol–water partition coefficient (Wildman–Crippen LogP) is 3.69. The molecule has 0 aliphatic heterocycles. The Morgan fingerprint density at radius 3 is 2.55 bits per heavy atom. The van der Waals surface area contributed by atoms with Gasteiger partial charge in [0.1, 0.15) is 17.3 Å². The Kier molecular flexibility index (Phi) is 5.55. The summed E-state index contributed by atoms with van der Waals surface area (Å²) >= 11 is 0. The molecule has 0 atom stereocenters. The number of hydrogen-bond donors (Lipinski definition) is 0. The van der Waals surface area contributed by atoms with Gasteiger partial charge in [-0.25, -0.2) is 4.39 Å². The van der Waals surface area contributed by atoms with E-state index in [1.54, 1.807) is 19.2 Å². The van der Waals surface area contributed by atoms with Crippen molar-refractivity contribution in [1.29, 1.82) is 0 Å². The van der Waals surface area contributed by atoms with Gasteiger partial charge in [-0.05, 0) is 43.5 Å². The maximum atomic E-state index is 13.3. The lowest BCUT2D eigenvalue weighted by atomic mass is 10.1. The fourth-order valence-electron chi connectivity index (χ4n) is 3.27. The van der Waals surface area contributed by atoms with E-state index in [4.69, 9.17) is 4.74 Å². The van der Waals surface area contributed by atoms with Gasteiger partial charge in [0, 0.05) is 25.2 Å². The number of hydrogen-bond acceptors (Lipinski definition) is 4. The van der Waals surface area contributed by atoms with Gasteiger partial charge >= 0.3 is 0 Å². The van der Waals surface area contributed by atoms with Gasteiger partial charge in [0.25, 0.3) is 5.91 Å². The molecule has 0 N–H and O–H groups in total. The summed E-state index contributed by atoms with van der Waals surface area (Å²) in [5, 5.41) is 8.76. The topological polar surface area (TPSA) is 60.2 Å². The molecule has 0 saturated heterocycles. The van der Waals surface area contributed by atoms with E-state index < -0.39 is 0 Å². The molecular formula is C22H23FN4O2. The minimum absolute atomic E-state index is 0.0961. The zero-order chi connectivity index (χ0) is 20.2. The first kappa shape index (κ1) is 19.1. The minimum atomic E-state index is -0.291. The second kappa shape index (κ2) is 8.43. The molecule has 1 aliphatic rings. The van der Waals surface area contributed by atoms with E-state index in [-0.39, 0.29) is 17.8 Å². The molecule has 0 unspecified atom stereocenters. The van der Waals surface area contributed by atoms with Gasteiger partial charge in [-0.3, -0.25) is 4.79 Å². The average molecular weight is 394 g/mol. The molecule has 0 radical (unpaired) electrons.